The van der Waals surface area contributed by atoms with Crippen molar-refractivity contribution in [3.63, 3.8) is 0 Å². The molecule has 0 rings (SSSR count). The first-order valence-corrected chi connectivity index (χ1v) is 36.3. The van der Waals surface area contributed by atoms with Gasteiger partial charge in [0.15, 0.2) is 0 Å². The summed E-state index contributed by atoms with van der Waals surface area (Å²) >= 11 is 0. The molecule has 6 nitrogen and oxygen atoms in total. The molecule has 3 N–H and O–H groups in total. The third kappa shape index (κ3) is 64.0. The van der Waals surface area contributed by atoms with Crippen LogP contribution in [0.15, 0.2) is 0 Å². The Morgan fingerprint density at radius 3 is 0.782 bits per heavy atom. The molecule has 0 aliphatic rings. The van der Waals surface area contributed by atoms with Crippen molar-refractivity contribution in [3.8, 4) is 0 Å². The minimum absolute atomic E-state index is 0.0253. The van der Waals surface area contributed by atoms with E-state index in [1.807, 2.05) is 0 Å². The molecule has 0 saturated carbocycles. The third-order valence-electron chi connectivity index (χ3n) is 17.4. The van der Waals surface area contributed by atoms with E-state index >= 15 is 0 Å². The van der Waals surface area contributed by atoms with Gasteiger partial charge in [-0.2, -0.15) is 0 Å². The number of carbonyl (C=O) groups excluding carboxylic acids is 2. The van der Waals surface area contributed by atoms with Crippen LogP contribution in [-0.4, -0.2) is 47.4 Å². The monoisotopic (exact) mass is 1100 g/mol. The van der Waals surface area contributed by atoms with Crippen molar-refractivity contribution in [1.29, 1.82) is 0 Å². The second-order valence-corrected chi connectivity index (χ2v) is 25.3. The molecule has 0 aliphatic carbocycles. The summed E-state index contributed by atoms with van der Waals surface area (Å²) in [5.41, 5.74) is 0. The Labute approximate surface area is 489 Å². The van der Waals surface area contributed by atoms with E-state index < -0.39 is 12.1 Å². The van der Waals surface area contributed by atoms with Crippen molar-refractivity contribution in [1.82, 2.24) is 5.32 Å². The maximum atomic E-state index is 12.5. The summed E-state index contributed by atoms with van der Waals surface area (Å²) in [6.07, 6.45) is 83.1. The number of aliphatic hydroxyl groups excluding tert-OH is 2. The Kier molecular flexibility index (Phi) is 67.4. The molecule has 0 bridgehead atoms. The topological polar surface area (TPSA) is 95.9 Å². The summed E-state index contributed by atoms with van der Waals surface area (Å²) in [6.45, 7) is 5.00. The number of hydrogen-bond donors (Lipinski definition) is 3. The molecule has 0 fully saturated rings. The summed E-state index contributed by atoms with van der Waals surface area (Å²) in [6, 6.07) is -0.536. The second kappa shape index (κ2) is 68.4. The van der Waals surface area contributed by atoms with Crippen LogP contribution in [0.4, 0.5) is 0 Å². The molecule has 0 saturated heterocycles. The number of ether oxygens (including phenoxy) is 1. The van der Waals surface area contributed by atoms with Gasteiger partial charge in [0.2, 0.25) is 5.91 Å². The van der Waals surface area contributed by atoms with Gasteiger partial charge in [-0.05, 0) is 25.7 Å². The normalized spacial score (nSPS) is 12.4. The predicted molar refractivity (Wildman–Crippen MR) is 343 cm³/mol. The van der Waals surface area contributed by atoms with E-state index in [9.17, 15) is 19.8 Å². The lowest BCUT2D eigenvalue weighted by atomic mass is 10.0. The molecule has 0 aromatic rings. The van der Waals surface area contributed by atoms with E-state index in [1.165, 1.54) is 353 Å². The number of rotatable bonds is 69. The first-order chi connectivity index (χ1) is 38.5. The van der Waals surface area contributed by atoms with Crippen LogP contribution in [0.5, 0.6) is 0 Å². The Hall–Kier alpha value is -1.14. The highest BCUT2D eigenvalue weighted by Crippen LogP contribution is 2.20. The van der Waals surface area contributed by atoms with Gasteiger partial charge in [0, 0.05) is 12.8 Å². The van der Waals surface area contributed by atoms with Gasteiger partial charge in [-0.3, -0.25) is 9.59 Å². The molecule has 1 amide bonds. The average Bonchev–Trinajstić information content (AvgIpc) is 3.44. The largest absolute Gasteiger partial charge is 0.466 e. The minimum atomic E-state index is -0.659. The van der Waals surface area contributed by atoms with Crippen LogP contribution in [0.1, 0.15) is 425 Å². The van der Waals surface area contributed by atoms with Crippen LogP contribution in [0, 0.1) is 0 Å². The molecule has 0 spiro atoms. The third-order valence-corrected chi connectivity index (χ3v) is 17.4. The van der Waals surface area contributed by atoms with Gasteiger partial charge in [-0.15, -0.1) is 0 Å². The number of amides is 1. The van der Waals surface area contributed by atoms with Gasteiger partial charge in [0.1, 0.15) is 0 Å². The van der Waals surface area contributed by atoms with Crippen LogP contribution in [0.2, 0.25) is 0 Å². The van der Waals surface area contributed by atoms with Crippen LogP contribution in [-0.2, 0) is 14.3 Å². The summed E-state index contributed by atoms with van der Waals surface area (Å²) in [7, 11) is 0. The highest BCUT2D eigenvalue weighted by atomic mass is 16.5. The zero-order chi connectivity index (χ0) is 56.4. The van der Waals surface area contributed by atoms with Crippen LogP contribution < -0.4 is 5.32 Å². The lowest BCUT2D eigenvalue weighted by Gasteiger charge is -2.22. The highest BCUT2D eigenvalue weighted by Gasteiger charge is 2.20. The van der Waals surface area contributed by atoms with Gasteiger partial charge < -0.3 is 20.3 Å². The molecule has 6 heteroatoms. The van der Waals surface area contributed by atoms with Crippen molar-refractivity contribution in [2.75, 3.05) is 13.2 Å². The van der Waals surface area contributed by atoms with E-state index in [0.29, 0.717) is 25.9 Å². The van der Waals surface area contributed by atoms with Crippen LogP contribution >= 0.6 is 0 Å². The summed E-state index contributed by atoms with van der Waals surface area (Å²) < 4.78 is 5.50. The summed E-state index contributed by atoms with van der Waals surface area (Å²) in [5, 5.41) is 23.3. The molecule has 2 unspecified atom stereocenters. The van der Waals surface area contributed by atoms with Crippen molar-refractivity contribution < 1.29 is 24.5 Å². The summed E-state index contributed by atoms with van der Waals surface area (Å²) in [4.78, 5) is 24.6. The molecule has 0 aromatic carbocycles. The van der Waals surface area contributed by atoms with Crippen LogP contribution in [0.3, 0.4) is 0 Å². The quantitative estimate of drug-likeness (QED) is 0.0417. The molecule has 0 radical (unpaired) electrons. The van der Waals surface area contributed by atoms with Gasteiger partial charge in [0.05, 0.1) is 25.4 Å². The maximum Gasteiger partial charge on any atom is 0.305 e. The number of carbonyl (C=O) groups is 2. The Morgan fingerprint density at radius 1 is 0.308 bits per heavy atom. The SMILES string of the molecule is CCCCCCCCCCCCCCCCCC(=O)OCCCCCCCCCCCCCCCCCCCCCCCCCCCCCCCCCCC(=O)NC(CO)C(O)CCCCCCCCCCCCCCCC. The van der Waals surface area contributed by atoms with Crippen molar-refractivity contribution in [3.05, 3.63) is 0 Å². The highest BCUT2D eigenvalue weighted by molar-refractivity contribution is 5.76. The first-order valence-electron chi connectivity index (χ1n) is 36.3. The van der Waals surface area contributed by atoms with Gasteiger partial charge in [-0.25, -0.2) is 0 Å². The minimum Gasteiger partial charge on any atom is -0.466 e. The van der Waals surface area contributed by atoms with Crippen LogP contribution in [0.25, 0.3) is 0 Å². The number of esters is 1. The number of nitrogens with one attached hydrogen (secondary N) is 1. The molecule has 2 atom stereocenters. The number of unbranched alkanes of at least 4 members (excludes halogenated alkanes) is 58. The fourth-order valence-electron chi connectivity index (χ4n) is 11.9. The Morgan fingerprint density at radius 2 is 0.526 bits per heavy atom. The van der Waals surface area contributed by atoms with E-state index in [2.05, 4.69) is 19.2 Å². The molecule has 0 aliphatic heterocycles. The summed E-state index contributed by atoms with van der Waals surface area (Å²) in [5.74, 6) is -0.00166. The maximum absolute atomic E-state index is 12.5. The number of aliphatic hydroxyl groups is 2. The molecule has 78 heavy (non-hydrogen) atoms. The number of hydrogen-bond acceptors (Lipinski definition) is 5. The van der Waals surface area contributed by atoms with Crippen molar-refractivity contribution in [2.24, 2.45) is 0 Å². The standard InChI is InChI=1S/C72H143NO5/c1-3-5-7-9-11-13-15-17-37-42-46-50-54-58-62-66-72(77)78-67-63-59-55-51-47-43-39-36-34-32-30-28-26-24-22-20-19-21-23-25-27-29-31-33-35-38-41-45-49-53-57-61-65-71(76)73-69(68-74)70(75)64-60-56-52-48-44-40-18-16-14-12-10-8-6-4-2/h69-70,74-75H,3-68H2,1-2H3,(H,73,76). The lowest BCUT2D eigenvalue weighted by Crippen LogP contribution is -2.45. The molecular weight excluding hydrogens is 959 g/mol. The van der Waals surface area contributed by atoms with Gasteiger partial charge in [0.25, 0.3) is 0 Å². The second-order valence-electron chi connectivity index (χ2n) is 25.3. The molecule has 0 aromatic heterocycles. The average molecular weight is 1100 g/mol. The van der Waals surface area contributed by atoms with E-state index in [4.69, 9.17) is 4.74 Å². The fourth-order valence-corrected chi connectivity index (χ4v) is 11.9. The predicted octanol–water partition coefficient (Wildman–Crippen LogP) is 23.4. The Bertz CT molecular complexity index is 1130. The fraction of sp³-hybridized carbons (Fsp3) is 0.972. The zero-order valence-electron chi connectivity index (χ0n) is 53.4. The molecule has 0 heterocycles. The molecule has 466 valence electrons. The van der Waals surface area contributed by atoms with Gasteiger partial charge >= 0.3 is 5.97 Å². The Balaban J connectivity index is 3.29. The first kappa shape index (κ1) is 76.9. The van der Waals surface area contributed by atoms with Crippen molar-refractivity contribution >= 4 is 11.9 Å². The van der Waals surface area contributed by atoms with E-state index in [-0.39, 0.29) is 18.5 Å². The van der Waals surface area contributed by atoms with Crippen molar-refractivity contribution in [2.45, 2.75) is 437 Å². The van der Waals surface area contributed by atoms with E-state index in [1.54, 1.807) is 0 Å². The lowest BCUT2D eigenvalue weighted by molar-refractivity contribution is -0.143. The smallest absolute Gasteiger partial charge is 0.305 e. The molecular formula is C72H143NO5. The van der Waals surface area contributed by atoms with E-state index in [0.717, 1.165) is 38.5 Å². The zero-order valence-corrected chi connectivity index (χ0v) is 53.4. The van der Waals surface area contributed by atoms with Gasteiger partial charge in [-0.1, -0.05) is 386 Å².